The summed E-state index contributed by atoms with van der Waals surface area (Å²) in [7, 11) is 1.80. The maximum atomic E-state index is 11.8. The first-order chi connectivity index (χ1) is 11.6. The van der Waals surface area contributed by atoms with Crippen molar-refractivity contribution in [2.45, 2.75) is 5.50 Å². The summed E-state index contributed by atoms with van der Waals surface area (Å²) in [6.45, 7) is 0. The molecular weight excluding hydrogens is 326 g/mol. The Hall–Kier alpha value is -2.79. The second-order valence-corrected chi connectivity index (χ2v) is 6.15. The number of nitrogens with one attached hydrogen (secondary N) is 1. The molecule has 6 heteroatoms. The zero-order valence-corrected chi connectivity index (χ0v) is 13.6. The number of aliphatic carboxylic acids is 1. The van der Waals surface area contributed by atoms with Crippen LogP contribution in [-0.2, 0) is 4.79 Å². The SMILES string of the molecule is CN1c2c(c(=Cc3ccccc3)cc3[nH]ncc23)=C(C(=O)O)C1Cl. The molecule has 2 N–H and O–H groups in total. The highest BCUT2D eigenvalue weighted by Gasteiger charge is 2.33. The third kappa shape index (κ3) is 2.09. The molecule has 0 bridgehead atoms. The molecule has 2 heterocycles. The van der Waals surface area contributed by atoms with Gasteiger partial charge in [0, 0.05) is 17.7 Å². The molecule has 0 radical (unpaired) electrons. The van der Waals surface area contributed by atoms with Crippen LogP contribution in [0.2, 0.25) is 0 Å². The van der Waals surface area contributed by atoms with E-state index in [2.05, 4.69) is 10.2 Å². The Bertz CT molecular complexity index is 1070. The number of H-pyrrole nitrogens is 1. The fraction of sp³-hybridized carbons (Fsp3) is 0.111. The Balaban J connectivity index is 2.20. The normalized spacial score (nSPS) is 17.6. The van der Waals surface area contributed by atoms with Crippen molar-refractivity contribution in [3.8, 4) is 0 Å². The van der Waals surface area contributed by atoms with Crippen molar-refractivity contribution in [3.05, 3.63) is 58.6 Å². The Morgan fingerprint density at radius 3 is 2.83 bits per heavy atom. The summed E-state index contributed by atoms with van der Waals surface area (Å²) in [5, 5.41) is 19.0. The molecule has 0 saturated heterocycles. The molecule has 4 rings (SSSR count). The van der Waals surface area contributed by atoms with E-state index >= 15 is 0 Å². The zero-order chi connectivity index (χ0) is 16.8. The van der Waals surface area contributed by atoms with E-state index in [4.69, 9.17) is 11.6 Å². The molecule has 1 aromatic heterocycles. The van der Waals surface area contributed by atoms with Crippen molar-refractivity contribution in [1.29, 1.82) is 0 Å². The molecule has 5 nitrogen and oxygen atoms in total. The summed E-state index contributed by atoms with van der Waals surface area (Å²) in [6.07, 6.45) is 3.66. The lowest BCUT2D eigenvalue weighted by Gasteiger charge is -2.19. The molecule has 0 amide bonds. The number of nitrogens with zero attached hydrogens (tertiary/aromatic N) is 2. The number of alkyl halides is 1. The van der Waals surface area contributed by atoms with Gasteiger partial charge < -0.3 is 10.0 Å². The predicted octanol–water partition coefficient (Wildman–Crippen LogP) is 1.64. The number of hydrogen-bond donors (Lipinski definition) is 2. The van der Waals surface area contributed by atoms with E-state index in [9.17, 15) is 9.90 Å². The third-order valence-electron chi connectivity index (χ3n) is 4.30. The molecule has 0 fully saturated rings. The zero-order valence-electron chi connectivity index (χ0n) is 12.8. The highest BCUT2D eigenvalue weighted by molar-refractivity contribution is 6.35. The van der Waals surface area contributed by atoms with E-state index in [0.29, 0.717) is 5.22 Å². The minimum Gasteiger partial charge on any atom is -0.478 e. The number of rotatable bonds is 2. The minimum atomic E-state index is -1.01. The van der Waals surface area contributed by atoms with Crippen molar-refractivity contribution in [1.82, 2.24) is 10.2 Å². The highest BCUT2D eigenvalue weighted by atomic mass is 35.5. The lowest BCUT2D eigenvalue weighted by molar-refractivity contribution is -0.130. The fourth-order valence-corrected chi connectivity index (χ4v) is 3.52. The largest absolute Gasteiger partial charge is 0.478 e. The Kier molecular flexibility index (Phi) is 3.32. The molecule has 120 valence electrons. The van der Waals surface area contributed by atoms with Crippen LogP contribution in [0, 0.1) is 0 Å². The van der Waals surface area contributed by atoms with Crippen LogP contribution < -0.4 is 15.3 Å². The molecule has 0 saturated carbocycles. The number of aromatic amines is 1. The smallest absolute Gasteiger partial charge is 0.335 e. The van der Waals surface area contributed by atoms with Gasteiger partial charge in [-0.25, -0.2) is 4.79 Å². The topological polar surface area (TPSA) is 69.2 Å². The number of benzene rings is 2. The second-order valence-electron chi connectivity index (χ2n) is 5.74. The first-order valence-corrected chi connectivity index (χ1v) is 7.89. The Morgan fingerprint density at radius 1 is 1.38 bits per heavy atom. The van der Waals surface area contributed by atoms with Crippen LogP contribution in [0.25, 0.3) is 22.6 Å². The van der Waals surface area contributed by atoms with Crippen molar-refractivity contribution in [2.24, 2.45) is 0 Å². The van der Waals surface area contributed by atoms with Gasteiger partial charge in [-0.05, 0) is 22.9 Å². The van der Waals surface area contributed by atoms with Gasteiger partial charge in [0.2, 0.25) is 0 Å². The van der Waals surface area contributed by atoms with Crippen LogP contribution in [0.1, 0.15) is 5.56 Å². The average Bonchev–Trinajstić information content (AvgIpc) is 3.12. The van der Waals surface area contributed by atoms with Gasteiger partial charge in [-0.3, -0.25) is 5.10 Å². The molecular formula is C18H14ClN3O2. The highest BCUT2D eigenvalue weighted by Crippen LogP contribution is 2.30. The van der Waals surface area contributed by atoms with Crippen LogP contribution in [0.15, 0.2) is 42.6 Å². The van der Waals surface area contributed by atoms with Gasteiger partial charge in [0.15, 0.2) is 0 Å². The van der Waals surface area contributed by atoms with E-state index in [1.165, 1.54) is 0 Å². The number of carbonyl (C=O) groups is 1. The van der Waals surface area contributed by atoms with Crippen LogP contribution in [0.3, 0.4) is 0 Å². The lowest BCUT2D eigenvalue weighted by Crippen LogP contribution is -2.29. The molecule has 0 aliphatic carbocycles. The standard InChI is InChI=1S/C18H14ClN3O2/c1-22-16-12-9-20-21-13(12)8-11(7-10-5-3-2-4-6-10)14(16)15(17(22)19)18(23)24/h2-9,17,21H,1H3,(H,23,24). The fourth-order valence-electron chi connectivity index (χ4n) is 3.22. The van der Waals surface area contributed by atoms with Gasteiger partial charge >= 0.3 is 5.97 Å². The van der Waals surface area contributed by atoms with Gasteiger partial charge in [-0.1, -0.05) is 41.9 Å². The quantitative estimate of drug-likeness (QED) is 0.550. The summed E-state index contributed by atoms with van der Waals surface area (Å²) in [5.41, 5.74) is 2.10. The third-order valence-corrected chi connectivity index (χ3v) is 4.81. The van der Waals surface area contributed by atoms with Crippen molar-refractivity contribution in [3.63, 3.8) is 0 Å². The number of hydrogen-bond acceptors (Lipinski definition) is 3. The van der Waals surface area contributed by atoms with E-state index in [0.717, 1.165) is 27.4 Å². The molecule has 2 aromatic carbocycles. The molecule has 1 unspecified atom stereocenters. The predicted molar refractivity (Wildman–Crippen MR) is 94.4 cm³/mol. The van der Waals surface area contributed by atoms with Crippen LogP contribution in [-0.4, -0.2) is 33.8 Å². The van der Waals surface area contributed by atoms with Crippen molar-refractivity contribution < 1.29 is 9.90 Å². The van der Waals surface area contributed by atoms with E-state index in [1.54, 1.807) is 18.1 Å². The lowest BCUT2D eigenvalue weighted by atomic mass is 10.1. The maximum absolute atomic E-state index is 11.8. The first kappa shape index (κ1) is 14.8. The van der Waals surface area contributed by atoms with Gasteiger partial charge in [0.1, 0.15) is 5.50 Å². The summed E-state index contributed by atoms with van der Waals surface area (Å²) in [6, 6.07) is 11.7. The van der Waals surface area contributed by atoms with Crippen LogP contribution >= 0.6 is 11.6 Å². The summed E-state index contributed by atoms with van der Waals surface area (Å²) in [4.78, 5) is 13.6. The number of carboxylic acid groups (broad SMARTS) is 1. The van der Waals surface area contributed by atoms with Gasteiger partial charge in [-0.2, -0.15) is 5.10 Å². The van der Waals surface area contributed by atoms with Gasteiger partial charge in [0.05, 0.1) is 23.0 Å². The Morgan fingerprint density at radius 2 is 2.12 bits per heavy atom. The molecule has 1 aliphatic heterocycles. The monoisotopic (exact) mass is 339 g/mol. The summed E-state index contributed by atoms with van der Waals surface area (Å²) >= 11 is 6.39. The molecule has 0 spiro atoms. The summed E-state index contributed by atoms with van der Waals surface area (Å²) in [5.74, 6) is -1.01. The van der Waals surface area contributed by atoms with E-state index in [1.807, 2.05) is 42.5 Å². The van der Waals surface area contributed by atoms with Gasteiger partial charge in [-0.15, -0.1) is 0 Å². The van der Waals surface area contributed by atoms with E-state index in [-0.39, 0.29) is 5.57 Å². The number of aromatic nitrogens is 2. The second kappa shape index (κ2) is 5.39. The Labute approximate surface area is 142 Å². The molecule has 1 aliphatic rings. The van der Waals surface area contributed by atoms with Crippen LogP contribution in [0.5, 0.6) is 0 Å². The minimum absolute atomic E-state index is 0.194. The average molecular weight is 340 g/mol. The first-order valence-electron chi connectivity index (χ1n) is 7.45. The number of anilines is 1. The maximum Gasteiger partial charge on any atom is 0.335 e. The van der Waals surface area contributed by atoms with Crippen molar-refractivity contribution >= 4 is 45.8 Å². The number of halogens is 1. The van der Waals surface area contributed by atoms with Crippen molar-refractivity contribution in [2.75, 3.05) is 11.9 Å². The summed E-state index contributed by atoms with van der Waals surface area (Å²) < 4.78 is 0. The number of fused-ring (bicyclic) bond motifs is 3. The van der Waals surface area contributed by atoms with Gasteiger partial charge in [0.25, 0.3) is 0 Å². The van der Waals surface area contributed by atoms with Crippen LogP contribution in [0.4, 0.5) is 5.69 Å². The van der Waals surface area contributed by atoms with E-state index < -0.39 is 11.5 Å². The number of carboxylic acids is 1. The molecule has 1 atom stereocenters. The molecule has 24 heavy (non-hydrogen) atoms. The molecule has 3 aromatic rings.